The highest BCUT2D eigenvalue weighted by Crippen LogP contribution is 2.32. The first-order valence-corrected chi connectivity index (χ1v) is 12.8. The Bertz CT molecular complexity index is 1100. The maximum atomic E-state index is 13.5. The van der Waals surface area contributed by atoms with E-state index < -0.39 is 21.5 Å². The van der Waals surface area contributed by atoms with Gasteiger partial charge in [-0.3, -0.25) is 14.5 Å². The predicted octanol–water partition coefficient (Wildman–Crippen LogP) is 3.21. The smallest absolute Gasteiger partial charge is 0.247 e. The van der Waals surface area contributed by atoms with Crippen molar-refractivity contribution in [1.29, 1.82) is 0 Å². The van der Waals surface area contributed by atoms with Crippen LogP contribution in [-0.2, 0) is 26.0 Å². The summed E-state index contributed by atoms with van der Waals surface area (Å²) in [6, 6.07) is 15.5. The summed E-state index contributed by atoms with van der Waals surface area (Å²) in [7, 11) is -3.95. The Morgan fingerprint density at radius 2 is 1.82 bits per heavy atom. The van der Waals surface area contributed by atoms with Crippen molar-refractivity contribution in [3.8, 4) is 0 Å². The number of rotatable bonds is 8. The van der Waals surface area contributed by atoms with Gasteiger partial charge in [-0.05, 0) is 55.5 Å². The number of amides is 2. The van der Waals surface area contributed by atoms with E-state index in [2.05, 4.69) is 19.2 Å². The first-order valence-electron chi connectivity index (χ1n) is 11.3. The minimum absolute atomic E-state index is 0.0989. The van der Waals surface area contributed by atoms with Gasteiger partial charge in [0.2, 0.25) is 21.8 Å². The Kier molecular flexibility index (Phi) is 7.59. The van der Waals surface area contributed by atoms with Crippen molar-refractivity contribution < 1.29 is 18.0 Å². The summed E-state index contributed by atoms with van der Waals surface area (Å²) in [6.07, 6.45) is 1.56. The van der Waals surface area contributed by atoms with Gasteiger partial charge in [0, 0.05) is 18.8 Å². The maximum Gasteiger partial charge on any atom is 0.247 e. The Balaban J connectivity index is 2.02. The maximum absolute atomic E-state index is 13.5. The van der Waals surface area contributed by atoms with Crippen LogP contribution in [0.25, 0.3) is 0 Å². The lowest BCUT2D eigenvalue weighted by Crippen LogP contribution is -2.70. The number of carbonyl (C=O) groups is 2. The van der Waals surface area contributed by atoms with Crippen molar-refractivity contribution in [1.82, 2.24) is 9.62 Å². The average molecular weight is 472 g/mol. The Labute approximate surface area is 196 Å². The first-order chi connectivity index (χ1) is 15.6. The number of benzene rings is 2. The van der Waals surface area contributed by atoms with Crippen molar-refractivity contribution >= 4 is 27.5 Å². The molecule has 2 amide bonds. The molecule has 1 aliphatic rings. The lowest BCUT2D eigenvalue weighted by Gasteiger charge is -2.46. The number of hydrogen-bond donors (Lipinski definition) is 1. The molecule has 0 saturated carbocycles. The molecule has 1 fully saturated rings. The molecule has 1 aliphatic heterocycles. The van der Waals surface area contributed by atoms with Gasteiger partial charge < -0.3 is 5.32 Å². The van der Waals surface area contributed by atoms with Crippen LogP contribution in [0.4, 0.5) is 5.69 Å². The van der Waals surface area contributed by atoms with Gasteiger partial charge >= 0.3 is 0 Å². The molecule has 0 radical (unpaired) electrons. The predicted molar refractivity (Wildman–Crippen MR) is 129 cm³/mol. The number of nitrogens with one attached hydrogen (secondary N) is 1. The molecule has 0 spiro atoms. The van der Waals surface area contributed by atoms with E-state index in [0.29, 0.717) is 18.2 Å². The lowest BCUT2D eigenvalue weighted by molar-refractivity contribution is -0.132. The summed E-state index contributed by atoms with van der Waals surface area (Å²) in [5.74, 6) is -0.403. The number of aryl methyl sites for hydroxylation is 1. The highest BCUT2D eigenvalue weighted by Gasteiger charge is 2.51. The number of hydrogen-bond acceptors (Lipinski definition) is 4. The number of piperazine rings is 1. The summed E-state index contributed by atoms with van der Waals surface area (Å²) in [5.41, 5.74) is 0.223. The lowest BCUT2D eigenvalue weighted by atomic mass is 9.94. The quantitative estimate of drug-likeness (QED) is 0.641. The number of sulfonamides is 1. The zero-order chi connectivity index (χ0) is 24.2. The molecular formula is C25H33N3O4S. The first kappa shape index (κ1) is 24.9. The molecule has 0 aliphatic carbocycles. The molecule has 0 aromatic heterocycles. The van der Waals surface area contributed by atoms with Gasteiger partial charge in [0.25, 0.3) is 0 Å². The topological polar surface area (TPSA) is 86.8 Å². The van der Waals surface area contributed by atoms with Crippen LogP contribution < -0.4 is 10.2 Å². The van der Waals surface area contributed by atoms with Crippen molar-refractivity contribution in [3.63, 3.8) is 0 Å². The fourth-order valence-electron chi connectivity index (χ4n) is 4.06. The molecule has 1 unspecified atom stereocenters. The molecule has 1 saturated heterocycles. The summed E-state index contributed by atoms with van der Waals surface area (Å²) < 4.78 is 27.7. The molecule has 3 rings (SSSR count). The van der Waals surface area contributed by atoms with E-state index in [0.717, 1.165) is 22.7 Å². The van der Waals surface area contributed by atoms with Crippen molar-refractivity contribution in [3.05, 3.63) is 60.2 Å². The molecule has 2 aromatic rings. The minimum Gasteiger partial charge on any atom is -0.354 e. The van der Waals surface area contributed by atoms with E-state index in [1.807, 2.05) is 25.1 Å². The zero-order valence-corrected chi connectivity index (χ0v) is 20.6. The molecular weight excluding hydrogens is 438 g/mol. The van der Waals surface area contributed by atoms with Crippen molar-refractivity contribution in [2.45, 2.75) is 51.0 Å². The minimum atomic E-state index is -3.95. The van der Waals surface area contributed by atoms with Crippen LogP contribution in [0, 0.1) is 5.92 Å². The van der Waals surface area contributed by atoms with E-state index in [1.54, 1.807) is 31.2 Å². The van der Waals surface area contributed by atoms with Crippen LogP contribution in [-0.4, -0.2) is 49.7 Å². The van der Waals surface area contributed by atoms with E-state index in [-0.39, 0.29) is 23.9 Å². The molecule has 0 bridgehead atoms. The zero-order valence-electron chi connectivity index (χ0n) is 19.7. The third-order valence-electron chi connectivity index (χ3n) is 5.99. The Hall–Kier alpha value is -2.71. The summed E-state index contributed by atoms with van der Waals surface area (Å²) in [4.78, 5) is 28.5. The largest absolute Gasteiger partial charge is 0.354 e. The average Bonchev–Trinajstić information content (AvgIpc) is 2.79. The van der Waals surface area contributed by atoms with Crippen LogP contribution in [0.3, 0.4) is 0 Å². The molecule has 2 aromatic carbocycles. The molecule has 33 heavy (non-hydrogen) atoms. The van der Waals surface area contributed by atoms with Gasteiger partial charge in [-0.2, -0.15) is 4.31 Å². The fourth-order valence-corrected chi connectivity index (χ4v) is 5.56. The molecule has 178 valence electrons. The highest BCUT2D eigenvalue weighted by molar-refractivity contribution is 7.89. The monoisotopic (exact) mass is 471 g/mol. The highest BCUT2D eigenvalue weighted by atomic mass is 32.2. The van der Waals surface area contributed by atoms with E-state index in [4.69, 9.17) is 0 Å². The van der Waals surface area contributed by atoms with Gasteiger partial charge in [-0.1, -0.05) is 51.1 Å². The van der Waals surface area contributed by atoms with Gasteiger partial charge in [0.1, 0.15) is 5.54 Å². The summed E-state index contributed by atoms with van der Waals surface area (Å²) >= 11 is 0. The van der Waals surface area contributed by atoms with Crippen LogP contribution in [0.5, 0.6) is 0 Å². The van der Waals surface area contributed by atoms with Crippen LogP contribution >= 0.6 is 0 Å². The van der Waals surface area contributed by atoms with Crippen molar-refractivity contribution in [2.24, 2.45) is 5.92 Å². The van der Waals surface area contributed by atoms with Crippen LogP contribution in [0.1, 0.15) is 39.7 Å². The van der Waals surface area contributed by atoms with Gasteiger partial charge in [-0.25, -0.2) is 8.42 Å². The molecule has 1 N–H and O–H groups in total. The van der Waals surface area contributed by atoms with Gasteiger partial charge in [-0.15, -0.1) is 0 Å². The fraction of sp³-hybridized carbons (Fsp3) is 0.440. The molecule has 1 heterocycles. The van der Waals surface area contributed by atoms with E-state index in [9.17, 15) is 18.0 Å². The van der Waals surface area contributed by atoms with Crippen molar-refractivity contribution in [2.75, 3.05) is 24.5 Å². The van der Waals surface area contributed by atoms with Gasteiger partial charge in [0.05, 0.1) is 11.4 Å². The standard InChI is InChI=1S/C25H33N3O4S/c1-5-20-10-9-11-21(16-20)28-23(29)17-27(33(31,32)22-12-7-6-8-13-22)18-25(28,4)24(30)26-15-14-19(2)3/h6-13,16,19H,5,14-15,17-18H2,1-4H3,(H,26,30). The number of nitrogens with zero attached hydrogens (tertiary/aromatic N) is 2. The molecule has 8 heteroatoms. The van der Waals surface area contributed by atoms with Gasteiger partial charge in [0.15, 0.2) is 0 Å². The third kappa shape index (κ3) is 5.28. The molecule has 7 nitrogen and oxygen atoms in total. The molecule has 1 atom stereocenters. The Morgan fingerprint density at radius 3 is 2.45 bits per heavy atom. The third-order valence-corrected chi connectivity index (χ3v) is 7.80. The van der Waals surface area contributed by atoms with E-state index >= 15 is 0 Å². The van der Waals surface area contributed by atoms with E-state index in [1.165, 1.54) is 17.0 Å². The number of carbonyl (C=O) groups excluding carboxylic acids is 2. The second-order valence-corrected chi connectivity index (χ2v) is 11.0. The number of anilines is 1. The SMILES string of the molecule is CCc1cccc(N2C(=O)CN(S(=O)(=O)c3ccccc3)CC2(C)C(=O)NCCC(C)C)c1. The second-order valence-electron chi connectivity index (χ2n) is 9.05. The Morgan fingerprint density at radius 1 is 1.12 bits per heavy atom. The van der Waals surface area contributed by atoms with Crippen LogP contribution in [0.2, 0.25) is 0 Å². The summed E-state index contributed by atoms with van der Waals surface area (Å²) in [6.45, 7) is 7.77. The van der Waals surface area contributed by atoms with Crippen LogP contribution in [0.15, 0.2) is 59.5 Å². The second kappa shape index (κ2) is 10.1. The normalized spacial score (nSPS) is 19.7. The summed E-state index contributed by atoms with van der Waals surface area (Å²) in [5, 5.41) is 2.93.